The molecule has 2 heterocycles. The molecule has 2 rings (SSSR count). The minimum absolute atomic E-state index is 0.101. The van der Waals surface area contributed by atoms with E-state index in [0.29, 0.717) is 15.0 Å². The molecule has 13 heavy (non-hydrogen) atoms. The second-order valence-corrected chi connectivity index (χ2v) is 3.85. The van der Waals surface area contributed by atoms with Gasteiger partial charge in [0.05, 0.1) is 6.20 Å². The molecule has 6 heteroatoms. The molecule has 0 atom stereocenters. The van der Waals surface area contributed by atoms with Crippen molar-refractivity contribution in [1.82, 2.24) is 15.2 Å². The largest absolute Gasteiger partial charge is 0.506 e. The third-order valence-electron chi connectivity index (χ3n) is 1.37. The highest BCUT2D eigenvalue weighted by atomic mass is 35.5. The van der Waals surface area contributed by atoms with E-state index in [0.717, 1.165) is 0 Å². The van der Waals surface area contributed by atoms with Gasteiger partial charge in [0.1, 0.15) is 5.75 Å². The average molecular weight is 214 g/mol. The quantitative estimate of drug-likeness (QED) is 0.787. The van der Waals surface area contributed by atoms with Crippen molar-refractivity contribution in [3.8, 4) is 16.3 Å². The van der Waals surface area contributed by atoms with Crippen LogP contribution in [0.5, 0.6) is 5.75 Å². The number of rotatable bonds is 1. The van der Waals surface area contributed by atoms with Crippen LogP contribution in [0.15, 0.2) is 18.5 Å². The minimum Gasteiger partial charge on any atom is -0.506 e. The van der Waals surface area contributed by atoms with E-state index in [1.165, 1.54) is 17.5 Å². The van der Waals surface area contributed by atoms with Crippen LogP contribution in [-0.2, 0) is 0 Å². The molecule has 4 nitrogen and oxygen atoms in total. The maximum Gasteiger partial charge on any atom is 0.207 e. The summed E-state index contributed by atoms with van der Waals surface area (Å²) < 4.78 is 0.373. The number of aromatic nitrogens is 3. The fourth-order valence-corrected chi connectivity index (χ4v) is 1.68. The molecule has 2 aromatic rings. The number of aromatic hydroxyl groups is 1. The number of pyridine rings is 1. The van der Waals surface area contributed by atoms with E-state index in [1.54, 1.807) is 12.3 Å². The number of halogens is 1. The third-order valence-corrected chi connectivity index (χ3v) is 2.44. The van der Waals surface area contributed by atoms with Crippen molar-refractivity contribution in [1.29, 1.82) is 0 Å². The summed E-state index contributed by atoms with van der Waals surface area (Å²) in [6.07, 6.45) is 2.95. The van der Waals surface area contributed by atoms with E-state index in [-0.39, 0.29) is 5.75 Å². The molecule has 0 aliphatic heterocycles. The first kappa shape index (κ1) is 8.40. The maximum atomic E-state index is 9.14. The Morgan fingerprint density at radius 2 is 2.15 bits per heavy atom. The summed E-state index contributed by atoms with van der Waals surface area (Å²) in [4.78, 5) is 3.82. The Balaban J connectivity index is 2.46. The summed E-state index contributed by atoms with van der Waals surface area (Å²) in [6, 6.07) is 1.56. The van der Waals surface area contributed by atoms with Crippen LogP contribution >= 0.6 is 22.9 Å². The van der Waals surface area contributed by atoms with Gasteiger partial charge < -0.3 is 5.11 Å². The van der Waals surface area contributed by atoms with Gasteiger partial charge in [0.15, 0.2) is 5.01 Å². The lowest BCUT2D eigenvalue weighted by atomic mass is 10.3. The van der Waals surface area contributed by atoms with Crippen LogP contribution in [0.4, 0.5) is 0 Å². The summed E-state index contributed by atoms with van der Waals surface area (Å²) in [5.41, 5.74) is 0.712. The zero-order valence-electron chi connectivity index (χ0n) is 6.31. The Morgan fingerprint density at radius 3 is 2.77 bits per heavy atom. The molecule has 0 amide bonds. The van der Waals surface area contributed by atoms with Crippen LogP contribution < -0.4 is 0 Å². The Hall–Kier alpha value is -1.20. The summed E-state index contributed by atoms with van der Waals surface area (Å²) in [5, 5.41) is 17.2. The van der Waals surface area contributed by atoms with Crippen LogP contribution in [0, 0.1) is 0 Å². The van der Waals surface area contributed by atoms with Crippen molar-refractivity contribution >= 4 is 22.9 Å². The van der Waals surface area contributed by atoms with Gasteiger partial charge in [-0.15, -0.1) is 10.2 Å². The van der Waals surface area contributed by atoms with Crippen LogP contribution in [0.2, 0.25) is 4.47 Å². The molecule has 0 aliphatic rings. The van der Waals surface area contributed by atoms with E-state index in [1.807, 2.05) is 0 Å². The molecule has 1 N–H and O–H groups in total. The molecule has 0 fully saturated rings. The maximum absolute atomic E-state index is 9.14. The van der Waals surface area contributed by atoms with Crippen molar-refractivity contribution in [2.75, 3.05) is 0 Å². The molecule has 0 saturated heterocycles. The van der Waals surface area contributed by atoms with Crippen molar-refractivity contribution in [3.05, 3.63) is 22.9 Å². The van der Waals surface area contributed by atoms with Gasteiger partial charge in [-0.2, -0.15) is 0 Å². The predicted octanol–water partition coefficient (Wildman–Crippen LogP) is 1.96. The minimum atomic E-state index is 0.101. The lowest BCUT2D eigenvalue weighted by Crippen LogP contribution is -1.78. The Bertz CT molecular complexity index is 431. The fraction of sp³-hybridized carbons (Fsp3) is 0. The second-order valence-electron chi connectivity index (χ2n) is 2.29. The van der Waals surface area contributed by atoms with Crippen molar-refractivity contribution < 1.29 is 5.11 Å². The summed E-state index contributed by atoms with van der Waals surface area (Å²) >= 11 is 6.85. The van der Waals surface area contributed by atoms with Crippen LogP contribution in [0.25, 0.3) is 10.6 Å². The zero-order valence-corrected chi connectivity index (χ0v) is 7.88. The SMILES string of the molecule is Oc1cncc(-c2nnc(Cl)s2)c1. The van der Waals surface area contributed by atoms with E-state index in [9.17, 15) is 0 Å². The van der Waals surface area contributed by atoms with Crippen LogP contribution in [0.1, 0.15) is 0 Å². The summed E-state index contributed by atoms with van der Waals surface area (Å²) in [5.74, 6) is 0.101. The Morgan fingerprint density at radius 1 is 1.31 bits per heavy atom. The predicted molar refractivity (Wildman–Crippen MR) is 49.8 cm³/mol. The number of nitrogens with zero attached hydrogens (tertiary/aromatic N) is 3. The van der Waals surface area contributed by atoms with Gasteiger partial charge in [-0.3, -0.25) is 4.98 Å². The molecule has 0 aliphatic carbocycles. The Labute approximate surface area is 82.9 Å². The van der Waals surface area contributed by atoms with Gasteiger partial charge in [0.2, 0.25) is 4.47 Å². The monoisotopic (exact) mass is 213 g/mol. The van der Waals surface area contributed by atoms with E-state index < -0.39 is 0 Å². The van der Waals surface area contributed by atoms with Gasteiger partial charge in [-0.25, -0.2) is 0 Å². The first-order chi connectivity index (χ1) is 6.25. The van der Waals surface area contributed by atoms with Gasteiger partial charge in [-0.1, -0.05) is 11.3 Å². The number of hydrogen-bond acceptors (Lipinski definition) is 5. The van der Waals surface area contributed by atoms with Gasteiger partial charge in [0, 0.05) is 11.8 Å². The molecule has 0 radical (unpaired) electrons. The van der Waals surface area contributed by atoms with Crippen molar-refractivity contribution in [3.63, 3.8) is 0 Å². The van der Waals surface area contributed by atoms with E-state index in [2.05, 4.69) is 15.2 Å². The van der Waals surface area contributed by atoms with Gasteiger partial charge in [0.25, 0.3) is 0 Å². The Kier molecular flexibility index (Phi) is 2.12. The summed E-state index contributed by atoms with van der Waals surface area (Å²) in [7, 11) is 0. The highest BCUT2D eigenvalue weighted by molar-refractivity contribution is 7.18. The second kappa shape index (κ2) is 3.27. The standard InChI is InChI=1S/C7H4ClN3OS/c8-7-11-10-6(13-7)4-1-5(12)3-9-2-4/h1-3,12H. The van der Waals surface area contributed by atoms with Crippen LogP contribution in [0.3, 0.4) is 0 Å². The molecule has 0 saturated carbocycles. The van der Waals surface area contributed by atoms with Crippen LogP contribution in [-0.4, -0.2) is 20.3 Å². The molecule has 66 valence electrons. The third kappa shape index (κ3) is 1.76. The fourth-order valence-electron chi connectivity index (χ4n) is 0.867. The summed E-state index contributed by atoms with van der Waals surface area (Å²) in [6.45, 7) is 0. The highest BCUT2D eigenvalue weighted by Crippen LogP contribution is 2.26. The lowest BCUT2D eigenvalue weighted by molar-refractivity contribution is 0.473. The molecule has 0 spiro atoms. The first-order valence-corrected chi connectivity index (χ1v) is 4.58. The molecule has 0 aromatic carbocycles. The van der Waals surface area contributed by atoms with Gasteiger partial charge in [-0.05, 0) is 17.7 Å². The van der Waals surface area contributed by atoms with Crippen molar-refractivity contribution in [2.24, 2.45) is 0 Å². The molecular formula is C7H4ClN3OS. The molecule has 0 unspecified atom stereocenters. The molecule has 2 aromatic heterocycles. The smallest absolute Gasteiger partial charge is 0.207 e. The molecular weight excluding hydrogens is 210 g/mol. The zero-order chi connectivity index (χ0) is 9.26. The highest BCUT2D eigenvalue weighted by Gasteiger charge is 2.05. The molecule has 0 bridgehead atoms. The van der Waals surface area contributed by atoms with E-state index in [4.69, 9.17) is 16.7 Å². The van der Waals surface area contributed by atoms with Crippen molar-refractivity contribution in [2.45, 2.75) is 0 Å². The normalized spacial score (nSPS) is 10.2. The number of hydrogen-bond donors (Lipinski definition) is 1. The van der Waals surface area contributed by atoms with E-state index >= 15 is 0 Å². The topological polar surface area (TPSA) is 58.9 Å². The average Bonchev–Trinajstić information content (AvgIpc) is 2.52. The van der Waals surface area contributed by atoms with Gasteiger partial charge >= 0.3 is 0 Å². The first-order valence-electron chi connectivity index (χ1n) is 3.39. The lowest BCUT2D eigenvalue weighted by Gasteiger charge is -1.93.